The van der Waals surface area contributed by atoms with Crippen molar-refractivity contribution >= 4 is 17.6 Å². The smallest absolute Gasteiger partial charge is 0.344 e. The van der Waals surface area contributed by atoms with Gasteiger partial charge < -0.3 is 14.6 Å². The van der Waals surface area contributed by atoms with Crippen molar-refractivity contribution in [2.24, 2.45) is 0 Å². The summed E-state index contributed by atoms with van der Waals surface area (Å²) in [5, 5.41) is 6.12. The number of anilines is 1. The number of benzene rings is 1. The van der Waals surface area contributed by atoms with Gasteiger partial charge in [-0.2, -0.15) is 0 Å². The number of esters is 1. The molecule has 2 rings (SSSR count). The molecule has 1 heterocycles. The molecule has 0 aliphatic carbocycles. The van der Waals surface area contributed by atoms with E-state index < -0.39 is 24.3 Å². The van der Waals surface area contributed by atoms with Crippen molar-refractivity contribution in [2.45, 2.75) is 20.8 Å². The molecule has 0 saturated heterocycles. The summed E-state index contributed by atoms with van der Waals surface area (Å²) in [6, 6.07) is 4.03. The number of halogens is 1. The molecule has 116 valence electrons. The maximum absolute atomic E-state index is 13.1. The summed E-state index contributed by atoms with van der Waals surface area (Å²) in [7, 11) is 0. The predicted octanol–water partition coefficient (Wildman–Crippen LogP) is 2.53. The van der Waals surface area contributed by atoms with Crippen molar-refractivity contribution < 1.29 is 23.2 Å². The standard InChI is InChI=1S/C15H15FN2O4/c1-8-4-5-11(16)6-12(8)17-13(19)7-21-15(20)14-9(2)18-22-10(14)3/h4-6H,7H2,1-3H3,(H,17,19). The summed E-state index contributed by atoms with van der Waals surface area (Å²) in [6.45, 7) is 4.42. The van der Waals surface area contributed by atoms with Gasteiger partial charge in [0.05, 0.1) is 5.69 Å². The van der Waals surface area contributed by atoms with Crippen LogP contribution < -0.4 is 5.32 Å². The normalized spacial score (nSPS) is 10.4. The van der Waals surface area contributed by atoms with Gasteiger partial charge in [-0.3, -0.25) is 4.79 Å². The van der Waals surface area contributed by atoms with Crippen LogP contribution in [0.1, 0.15) is 27.4 Å². The topological polar surface area (TPSA) is 81.4 Å². The van der Waals surface area contributed by atoms with Crippen molar-refractivity contribution in [1.29, 1.82) is 0 Å². The fourth-order valence-electron chi connectivity index (χ4n) is 1.89. The molecule has 0 saturated carbocycles. The van der Waals surface area contributed by atoms with Crippen LogP contribution in [-0.4, -0.2) is 23.6 Å². The van der Waals surface area contributed by atoms with Gasteiger partial charge in [-0.05, 0) is 38.5 Å². The molecule has 22 heavy (non-hydrogen) atoms. The number of amides is 1. The quantitative estimate of drug-likeness (QED) is 0.878. The van der Waals surface area contributed by atoms with Gasteiger partial charge in [-0.1, -0.05) is 11.2 Å². The molecule has 0 bridgehead atoms. The van der Waals surface area contributed by atoms with Gasteiger partial charge in [0.25, 0.3) is 5.91 Å². The summed E-state index contributed by atoms with van der Waals surface area (Å²) in [4.78, 5) is 23.6. The van der Waals surface area contributed by atoms with Crippen LogP contribution in [0.4, 0.5) is 10.1 Å². The van der Waals surface area contributed by atoms with Crippen molar-refractivity contribution in [3.8, 4) is 0 Å². The Morgan fingerprint density at radius 1 is 1.32 bits per heavy atom. The van der Waals surface area contributed by atoms with Gasteiger partial charge in [0.2, 0.25) is 0 Å². The van der Waals surface area contributed by atoms with Crippen LogP contribution in [0.5, 0.6) is 0 Å². The molecule has 6 nitrogen and oxygen atoms in total. The number of aromatic nitrogens is 1. The van der Waals surface area contributed by atoms with E-state index in [1.807, 2.05) is 0 Å². The van der Waals surface area contributed by atoms with Crippen molar-refractivity contribution in [1.82, 2.24) is 5.16 Å². The Balaban J connectivity index is 1.96. The predicted molar refractivity (Wildman–Crippen MR) is 76.0 cm³/mol. The molecule has 1 aromatic heterocycles. The molecule has 0 atom stereocenters. The molecule has 0 radical (unpaired) electrons. The summed E-state index contributed by atoms with van der Waals surface area (Å²) in [5.74, 6) is -1.39. The van der Waals surface area contributed by atoms with Crippen molar-refractivity contribution in [3.05, 3.63) is 46.6 Å². The van der Waals surface area contributed by atoms with Gasteiger partial charge in [0, 0.05) is 5.69 Å². The largest absolute Gasteiger partial charge is 0.452 e. The lowest BCUT2D eigenvalue weighted by molar-refractivity contribution is -0.119. The zero-order valence-corrected chi connectivity index (χ0v) is 12.4. The number of carbonyl (C=O) groups is 2. The highest BCUT2D eigenvalue weighted by Crippen LogP contribution is 2.16. The van der Waals surface area contributed by atoms with E-state index in [2.05, 4.69) is 10.5 Å². The van der Waals surface area contributed by atoms with E-state index in [-0.39, 0.29) is 5.56 Å². The van der Waals surface area contributed by atoms with Crippen LogP contribution in [0.3, 0.4) is 0 Å². The van der Waals surface area contributed by atoms with Crippen LogP contribution in [0, 0.1) is 26.6 Å². The average molecular weight is 306 g/mol. The second-order valence-corrected chi connectivity index (χ2v) is 4.78. The Labute approximate surface area is 126 Å². The monoisotopic (exact) mass is 306 g/mol. The van der Waals surface area contributed by atoms with E-state index in [0.29, 0.717) is 22.7 Å². The molecule has 0 unspecified atom stereocenters. The minimum atomic E-state index is -0.692. The second kappa shape index (κ2) is 6.38. The number of ether oxygens (including phenoxy) is 1. The van der Waals surface area contributed by atoms with Gasteiger partial charge >= 0.3 is 5.97 Å². The lowest BCUT2D eigenvalue weighted by Crippen LogP contribution is -2.21. The molecule has 1 amide bonds. The molecule has 7 heteroatoms. The van der Waals surface area contributed by atoms with Crippen molar-refractivity contribution in [2.75, 3.05) is 11.9 Å². The van der Waals surface area contributed by atoms with Gasteiger partial charge in [-0.25, -0.2) is 9.18 Å². The molecule has 0 fully saturated rings. The first-order valence-corrected chi connectivity index (χ1v) is 6.54. The van der Waals surface area contributed by atoms with Crippen LogP contribution in [0.15, 0.2) is 22.7 Å². The van der Waals surface area contributed by atoms with Crippen LogP contribution >= 0.6 is 0 Å². The number of aryl methyl sites for hydroxylation is 3. The molecular formula is C15H15FN2O4. The van der Waals surface area contributed by atoms with E-state index in [4.69, 9.17) is 9.26 Å². The van der Waals surface area contributed by atoms with Crippen LogP contribution in [-0.2, 0) is 9.53 Å². The first kappa shape index (κ1) is 15.7. The van der Waals surface area contributed by atoms with E-state index in [1.165, 1.54) is 12.1 Å². The Morgan fingerprint density at radius 3 is 2.68 bits per heavy atom. The minimum Gasteiger partial charge on any atom is -0.452 e. The van der Waals surface area contributed by atoms with E-state index in [9.17, 15) is 14.0 Å². The maximum Gasteiger partial charge on any atom is 0.344 e. The first-order valence-electron chi connectivity index (χ1n) is 6.54. The molecule has 0 aliphatic heterocycles. The Kier molecular flexibility index (Phi) is 4.55. The number of nitrogens with zero attached hydrogens (tertiary/aromatic N) is 1. The molecule has 2 aromatic rings. The summed E-state index contributed by atoms with van der Waals surface area (Å²) < 4.78 is 22.9. The number of nitrogens with one attached hydrogen (secondary N) is 1. The molecule has 1 aromatic carbocycles. The van der Waals surface area contributed by atoms with Gasteiger partial charge in [-0.15, -0.1) is 0 Å². The minimum absolute atomic E-state index is 0.203. The molecular weight excluding hydrogens is 291 g/mol. The number of hydrogen-bond donors (Lipinski definition) is 1. The highest BCUT2D eigenvalue weighted by Gasteiger charge is 2.20. The zero-order valence-electron chi connectivity index (χ0n) is 12.4. The third-order valence-electron chi connectivity index (χ3n) is 3.05. The number of hydrogen-bond acceptors (Lipinski definition) is 5. The first-order chi connectivity index (χ1) is 10.4. The highest BCUT2D eigenvalue weighted by molar-refractivity contribution is 5.96. The average Bonchev–Trinajstić information content (AvgIpc) is 2.80. The molecule has 0 aliphatic rings. The van der Waals surface area contributed by atoms with Gasteiger partial charge in [0.15, 0.2) is 6.61 Å². The number of carbonyl (C=O) groups excluding carboxylic acids is 2. The molecule has 1 N–H and O–H groups in total. The third kappa shape index (κ3) is 3.49. The lowest BCUT2D eigenvalue weighted by Gasteiger charge is -2.09. The SMILES string of the molecule is Cc1ccc(F)cc1NC(=O)COC(=O)c1c(C)noc1C. The highest BCUT2D eigenvalue weighted by atomic mass is 19.1. The van der Waals surface area contributed by atoms with E-state index in [1.54, 1.807) is 26.8 Å². The number of rotatable bonds is 4. The summed E-state index contributed by atoms with van der Waals surface area (Å²) in [6.07, 6.45) is 0. The third-order valence-corrected chi connectivity index (χ3v) is 3.05. The van der Waals surface area contributed by atoms with Crippen LogP contribution in [0.2, 0.25) is 0 Å². The second-order valence-electron chi connectivity index (χ2n) is 4.78. The summed E-state index contributed by atoms with van der Waals surface area (Å²) in [5.41, 5.74) is 1.63. The van der Waals surface area contributed by atoms with Crippen molar-refractivity contribution in [3.63, 3.8) is 0 Å². The van der Waals surface area contributed by atoms with E-state index in [0.717, 1.165) is 0 Å². The maximum atomic E-state index is 13.1. The zero-order chi connectivity index (χ0) is 16.3. The van der Waals surface area contributed by atoms with Crippen LogP contribution in [0.25, 0.3) is 0 Å². The Bertz CT molecular complexity index is 705. The Hall–Kier alpha value is -2.70. The molecule has 0 spiro atoms. The lowest BCUT2D eigenvalue weighted by atomic mass is 10.2. The fourth-order valence-corrected chi connectivity index (χ4v) is 1.89. The fraction of sp³-hybridized carbons (Fsp3) is 0.267. The summed E-state index contributed by atoms with van der Waals surface area (Å²) >= 11 is 0. The van der Waals surface area contributed by atoms with Gasteiger partial charge in [0.1, 0.15) is 17.1 Å². The van der Waals surface area contributed by atoms with E-state index >= 15 is 0 Å². The Morgan fingerprint density at radius 2 is 2.05 bits per heavy atom.